The fourth-order valence-corrected chi connectivity index (χ4v) is 1.43. The molecule has 0 nitrogen and oxygen atoms in total. The maximum absolute atomic E-state index is 3.92. The molecule has 1 unspecified atom stereocenters. The standard InChI is InChI=1S/C10H16/c1-3-4-10-7-5-9(2)6-8-10/h5,7,10H,2-4,6,8H2,1H3. The van der Waals surface area contributed by atoms with Gasteiger partial charge in [-0.2, -0.15) is 0 Å². The second kappa shape index (κ2) is 3.60. The highest BCUT2D eigenvalue weighted by Crippen LogP contribution is 2.23. The van der Waals surface area contributed by atoms with Crippen molar-refractivity contribution in [2.75, 3.05) is 0 Å². The molecule has 0 aliphatic heterocycles. The van der Waals surface area contributed by atoms with Crippen LogP contribution in [0.15, 0.2) is 24.3 Å². The summed E-state index contributed by atoms with van der Waals surface area (Å²) < 4.78 is 0. The Bertz CT molecular complexity index is 142. The van der Waals surface area contributed by atoms with Crippen LogP contribution in [0.5, 0.6) is 0 Å². The maximum atomic E-state index is 3.92. The van der Waals surface area contributed by atoms with Gasteiger partial charge in [-0.15, -0.1) is 0 Å². The summed E-state index contributed by atoms with van der Waals surface area (Å²) in [6.45, 7) is 6.17. The first-order valence-electron chi connectivity index (χ1n) is 4.19. The van der Waals surface area contributed by atoms with E-state index in [0.29, 0.717) is 0 Å². The molecular formula is C10H16. The van der Waals surface area contributed by atoms with E-state index in [1.807, 2.05) is 0 Å². The van der Waals surface area contributed by atoms with Crippen molar-refractivity contribution in [3.8, 4) is 0 Å². The van der Waals surface area contributed by atoms with Crippen molar-refractivity contribution in [1.29, 1.82) is 0 Å². The summed E-state index contributed by atoms with van der Waals surface area (Å²) in [4.78, 5) is 0. The van der Waals surface area contributed by atoms with E-state index in [9.17, 15) is 0 Å². The SMILES string of the molecule is C=C1C=CC(CCC)CC1. The number of hydrogen-bond acceptors (Lipinski definition) is 0. The lowest BCUT2D eigenvalue weighted by Crippen LogP contribution is -2.00. The predicted molar refractivity (Wildman–Crippen MR) is 45.9 cm³/mol. The van der Waals surface area contributed by atoms with Gasteiger partial charge in [-0.1, -0.05) is 37.6 Å². The molecule has 1 rings (SSSR count). The molecule has 56 valence electrons. The molecule has 0 aromatic heterocycles. The third kappa shape index (κ3) is 2.02. The van der Waals surface area contributed by atoms with Crippen LogP contribution >= 0.6 is 0 Å². The van der Waals surface area contributed by atoms with Crippen molar-refractivity contribution in [1.82, 2.24) is 0 Å². The summed E-state index contributed by atoms with van der Waals surface area (Å²) >= 11 is 0. The minimum atomic E-state index is 0.843. The highest BCUT2D eigenvalue weighted by Gasteiger charge is 2.07. The van der Waals surface area contributed by atoms with Gasteiger partial charge < -0.3 is 0 Å². The van der Waals surface area contributed by atoms with Crippen molar-refractivity contribution >= 4 is 0 Å². The van der Waals surface area contributed by atoms with Crippen LogP contribution in [0.25, 0.3) is 0 Å². The molecule has 0 aromatic carbocycles. The number of allylic oxidation sites excluding steroid dienone is 3. The first kappa shape index (κ1) is 7.59. The summed E-state index contributed by atoms with van der Waals surface area (Å²) in [6, 6.07) is 0. The molecule has 1 aliphatic carbocycles. The quantitative estimate of drug-likeness (QED) is 0.546. The van der Waals surface area contributed by atoms with E-state index in [1.54, 1.807) is 0 Å². The summed E-state index contributed by atoms with van der Waals surface area (Å²) in [5.41, 5.74) is 1.30. The zero-order valence-electron chi connectivity index (χ0n) is 6.77. The molecule has 0 amide bonds. The lowest BCUT2D eigenvalue weighted by Gasteiger charge is -2.15. The van der Waals surface area contributed by atoms with Crippen LogP contribution in [0.4, 0.5) is 0 Å². The number of hydrogen-bond donors (Lipinski definition) is 0. The third-order valence-electron chi connectivity index (χ3n) is 2.10. The largest absolute Gasteiger partial charge is 0.0958 e. The monoisotopic (exact) mass is 136 g/mol. The van der Waals surface area contributed by atoms with Gasteiger partial charge in [0.1, 0.15) is 0 Å². The van der Waals surface area contributed by atoms with Gasteiger partial charge in [0, 0.05) is 0 Å². The molecule has 1 atom stereocenters. The molecule has 0 N–H and O–H groups in total. The second-order valence-corrected chi connectivity index (χ2v) is 3.10. The van der Waals surface area contributed by atoms with E-state index < -0.39 is 0 Å². The average molecular weight is 136 g/mol. The van der Waals surface area contributed by atoms with Crippen LogP contribution in [-0.4, -0.2) is 0 Å². The molecule has 0 saturated heterocycles. The molecule has 1 aliphatic rings. The van der Waals surface area contributed by atoms with Gasteiger partial charge in [-0.05, 0) is 25.2 Å². The van der Waals surface area contributed by atoms with Gasteiger partial charge in [-0.25, -0.2) is 0 Å². The van der Waals surface area contributed by atoms with E-state index in [1.165, 1.54) is 31.3 Å². The fourth-order valence-electron chi connectivity index (χ4n) is 1.43. The Morgan fingerprint density at radius 1 is 1.70 bits per heavy atom. The lowest BCUT2D eigenvalue weighted by atomic mass is 9.90. The summed E-state index contributed by atoms with van der Waals surface area (Å²) in [5, 5.41) is 0. The van der Waals surface area contributed by atoms with Crippen LogP contribution in [0.2, 0.25) is 0 Å². The van der Waals surface area contributed by atoms with Gasteiger partial charge in [0.25, 0.3) is 0 Å². The molecule has 0 heterocycles. The Labute approximate surface area is 63.6 Å². The van der Waals surface area contributed by atoms with Crippen molar-refractivity contribution in [3.63, 3.8) is 0 Å². The first-order valence-corrected chi connectivity index (χ1v) is 4.19. The van der Waals surface area contributed by atoms with Gasteiger partial charge >= 0.3 is 0 Å². The molecule has 10 heavy (non-hydrogen) atoms. The van der Waals surface area contributed by atoms with Crippen LogP contribution < -0.4 is 0 Å². The Kier molecular flexibility index (Phi) is 2.73. The summed E-state index contributed by atoms with van der Waals surface area (Å²) in [6.07, 6.45) is 9.69. The smallest absolute Gasteiger partial charge is 0.0227 e. The topological polar surface area (TPSA) is 0 Å². The van der Waals surface area contributed by atoms with Crippen LogP contribution in [0.1, 0.15) is 32.6 Å². The van der Waals surface area contributed by atoms with Gasteiger partial charge in [0.15, 0.2) is 0 Å². The predicted octanol–water partition coefficient (Wildman–Crippen LogP) is 3.31. The van der Waals surface area contributed by atoms with E-state index in [0.717, 1.165) is 5.92 Å². The Morgan fingerprint density at radius 2 is 2.50 bits per heavy atom. The van der Waals surface area contributed by atoms with E-state index in [2.05, 4.69) is 25.7 Å². The van der Waals surface area contributed by atoms with E-state index in [-0.39, 0.29) is 0 Å². The van der Waals surface area contributed by atoms with Crippen molar-refractivity contribution < 1.29 is 0 Å². The van der Waals surface area contributed by atoms with E-state index in [4.69, 9.17) is 0 Å². The zero-order valence-corrected chi connectivity index (χ0v) is 6.77. The molecular weight excluding hydrogens is 120 g/mol. The Morgan fingerprint density at radius 3 is 3.00 bits per heavy atom. The Balaban J connectivity index is 2.37. The van der Waals surface area contributed by atoms with Crippen molar-refractivity contribution in [3.05, 3.63) is 24.3 Å². The molecule has 0 fully saturated rings. The van der Waals surface area contributed by atoms with Crippen molar-refractivity contribution in [2.24, 2.45) is 5.92 Å². The number of rotatable bonds is 2. The molecule has 0 bridgehead atoms. The molecule has 0 radical (unpaired) electrons. The van der Waals surface area contributed by atoms with Crippen LogP contribution in [-0.2, 0) is 0 Å². The van der Waals surface area contributed by atoms with Gasteiger partial charge in [0.2, 0.25) is 0 Å². The molecule has 0 aromatic rings. The molecule has 0 spiro atoms. The van der Waals surface area contributed by atoms with Crippen LogP contribution in [0, 0.1) is 5.92 Å². The lowest BCUT2D eigenvalue weighted by molar-refractivity contribution is 0.527. The second-order valence-electron chi connectivity index (χ2n) is 3.10. The zero-order chi connectivity index (χ0) is 7.40. The van der Waals surface area contributed by atoms with Gasteiger partial charge in [-0.3, -0.25) is 0 Å². The van der Waals surface area contributed by atoms with Crippen molar-refractivity contribution in [2.45, 2.75) is 32.6 Å². The van der Waals surface area contributed by atoms with Crippen LogP contribution in [0.3, 0.4) is 0 Å². The molecule has 0 heteroatoms. The normalized spacial score (nSPS) is 25.3. The summed E-state index contributed by atoms with van der Waals surface area (Å²) in [5.74, 6) is 0.843. The van der Waals surface area contributed by atoms with E-state index >= 15 is 0 Å². The minimum Gasteiger partial charge on any atom is -0.0958 e. The minimum absolute atomic E-state index is 0.843. The molecule has 0 saturated carbocycles. The van der Waals surface area contributed by atoms with Gasteiger partial charge in [0.05, 0.1) is 0 Å². The average Bonchev–Trinajstić information content (AvgIpc) is 1.95. The summed E-state index contributed by atoms with van der Waals surface area (Å²) in [7, 11) is 0. The highest BCUT2D eigenvalue weighted by atomic mass is 14.1. The highest BCUT2D eigenvalue weighted by molar-refractivity contribution is 5.18. The third-order valence-corrected chi connectivity index (χ3v) is 2.10. The maximum Gasteiger partial charge on any atom is -0.0227 e. The Hall–Kier alpha value is -0.520. The first-order chi connectivity index (χ1) is 4.83. The fraction of sp³-hybridized carbons (Fsp3) is 0.600.